The van der Waals surface area contributed by atoms with Crippen LogP contribution in [0.3, 0.4) is 0 Å². The number of halogens is 2. The number of carbonyl (C=O) groups excluding carboxylic acids is 1. The van der Waals surface area contributed by atoms with E-state index in [0.717, 1.165) is 25.0 Å². The molecule has 2 N–H and O–H groups in total. The first-order valence-electron chi connectivity index (χ1n) is 7.48. The average Bonchev–Trinajstić information content (AvgIpc) is 3.24. The summed E-state index contributed by atoms with van der Waals surface area (Å²) in [6, 6.07) is 3.48. The van der Waals surface area contributed by atoms with E-state index >= 15 is 0 Å². The van der Waals surface area contributed by atoms with Crippen molar-refractivity contribution in [3.63, 3.8) is 0 Å². The second kappa shape index (κ2) is 5.72. The van der Waals surface area contributed by atoms with Crippen LogP contribution in [0.5, 0.6) is 0 Å². The molecule has 0 saturated heterocycles. The van der Waals surface area contributed by atoms with Crippen LogP contribution in [0.25, 0.3) is 0 Å². The Hall–Kier alpha value is -1.49. The number of hydrogen-bond acceptors (Lipinski definition) is 2. The van der Waals surface area contributed by atoms with Gasteiger partial charge in [0.1, 0.15) is 11.6 Å². The Bertz CT molecular complexity index is 541. The Morgan fingerprint density at radius 3 is 2.62 bits per heavy atom. The molecule has 2 aliphatic carbocycles. The van der Waals surface area contributed by atoms with E-state index in [1.807, 2.05) is 0 Å². The van der Waals surface area contributed by atoms with Crippen LogP contribution in [0.4, 0.5) is 8.78 Å². The Morgan fingerprint density at radius 2 is 1.90 bits per heavy atom. The maximum Gasteiger partial charge on any atom is 0.223 e. The molecule has 1 aromatic carbocycles. The first-order valence-corrected chi connectivity index (χ1v) is 7.48. The van der Waals surface area contributed by atoms with Gasteiger partial charge in [-0.1, -0.05) is 0 Å². The predicted molar refractivity (Wildman–Crippen MR) is 73.6 cm³/mol. The molecule has 2 aliphatic rings. The highest BCUT2D eigenvalue weighted by Gasteiger charge is 2.45. The highest BCUT2D eigenvalue weighted by molar-refractivity contribution is 5.83. The van der Waals surface area contributed by atoms with Crippen molar-refractivity contribution in [1.29, 1.82) is 0 Å². The van der Waals surface area contributed by atoms with Gasteiger partial charge in [0.2, 0.25) is 5.91 Å². The fourth-order valence-electron chi connectivity index (χ4n) is 3.16. The highest BCUT2D eigenvalue weighted by Crippen LogP contribution is 2.48. The molecule has 0 bridgehead atoms. The van der Waals surface area contributed by atoms with Gasteiger partial charge in [0.15, 0.2) is 0 Å². The quantitative estimate of drug-likeness (QED) is 0.900. The number of amides is 1. The van der Waals surface area contributed by atoms with Gasteiger partial charge in [-0.05, 0) is 61.8 Å². The lowest BCUT2D eigenvalue weighted by atomic mass is 9.93. The number of carbonyl (C=O) groups is 1. The predicted octanol–water partition coefficient (Wildman–Crippen LogP) is 2.49. The Balaban J connectivity index is 1.57. The standard InChI is InChI=1S/C16H19F2NO2/c17-9-1-6-15(18)13(7-9)12-8-14(12)16(21)19-10-2-4-11(20)5-3-10/h1,6-7,10-12,14,20H,2-5,8H2,(H,19,21). The minimum Gasteiger partial charge on any atom is -0.393 e. The summed E-state index contributed by atoms with van der Waals surface area (Å²) in [7, 11) is 0. The number of rotatable bonds is 3. The van der Waals surface area contributed by atoms with Gasteiger partial charge < -0.3 is 10.4 Å². The second-order valence-corrected chi connectivity index (χ2v) is 6.13. The lowest BCUT2D eigenvalue weighted by Gasteiger charge is -2.26. The van der Waals surface area contributed by atoms with Gasteiger partial charge in [-0.25, -0.2) is 8.78 Å². The lowest BCUT2D eigenvalue weighted by molar-refractivity contribution is -0.123. The number of aliphatic hydroxyl groups is 1. The molecular weight excluding hydrogens is 276 g/mol. The van der Waals surface area contributed by atoms with E-state index in [-0.39, 0.29) is 29.9 Å². The summed E-state index contributed by atoms with van der Waals surface area (Å²) in [6.07, 6.45) is 3.28. The van der Waals surface area contributed by atoms with Gasteiger partial charge in [0, 0.05) is 12.0 Å². The van der Waals surface area contributed by atoms with Gasteiger partial charge in [-0.2, -0.15) is 0 Å². The van der Waals surface area contributed by atoms with Gasteiger partial charge in [0.25, 0.3) is 0 Å². The normalized spacial score (nSPS) is 31.8. The zero-order valence-corrected chi connectivity index (χ0v) is 11.7. The van der Waals surface area contributed by atoms with E-state index in [9.17, 15) is 18.7 Å². The van der Waals surface area contributed by atoms with Crippen molar-refractivity contribution in [2.24, 2.45) is 5.92 Å². The van der Waals surface area contributed by atoms with Crippen LogP contribution in [-0.2, 0) is 4.79 Å². The summed E-state index contributed by atoms with van der Waals surface area (Å²) in [4.78, 5) is 12.1. The topological polar surface area (TPSA) is 49.3 Å². The molecule has 2 atom stereocenters. The minimum absolute atomic E-state index is 0.0787. The van der Waals surface area contributed by atoms with Crippen molar-refractivity contribution >= 4 is 5.91 Å². The number of benzene rings is 1. The summed E-state index contributed by atoms with van der Waals surface area (Å²) in [5.41, 5.74) is 0.300. The largest absolute Gasteiger partial charge is 0.393 e. The zero-order valence-electron chi connectivity index (χ0n) is 11.7. The number of aliphatic hydroxyl groups excluding tert-OH is 1. The van der Waals surface area contributed by atoms with Crippen molar-refractivity contribution in [3.05, 3.63) is 35.4 Å². The average molecular weight is 295 g/mol. The first-order chi connectivity index (χ1) is 10.0. The third kappa shape index (κ3) is 3.23. The molecule has 2 fully saturated rings. The van der Waals surface area contributed by atoms with Crippen molar-refractivity contribution in [1.82, 2.24) is 5.32 Å². The molecule has 3 nitrogen and oxygen atoms in total. The molecule has 0 heterocycles. The van der Waals surface area contributed by atoms with Gasteiger partial charge in [-0.3, -0.25) is 4.79 Å². The third-order valence-corrected chi connectivity index (χ3v) is 4.53. The molecule has 114 valence electrons. The van der Waals surface area contributed by atoms with E-state index in [0.29, 0.717) is 24.8 Å². The van der Waals surface area contributed by atoms with Crippen molar-refractivity contribution in [2.75, 3.05) is 0 Å². The molecule has 2 saturated carbocycles. The van der Waals surface area contributed by atoms with Crippen molar-refractivity contribution in [3.8, 4) is 0 Å². The molecule has 0 radical (unpaired) electrons. The van der Waals surface area contributed by atoms with Crippen molar-refractivity contribution in [2.45, 2.75) is 50.2 Å². The molecule has 21 heavy (non-hydrogen) atoms. The molecule has 0 aliphatic heterocycles. The summed E-state index contributed by atoms with van der Waals surface area (Å²) in [5, 5.41) is 12.4. The molecule has 0 spiro atoms. The minimum atomic E-state index is -0.473. The van der Waals surface area contributed by atoms with E-state index in [1.165, 1.54) is 6.07 Å². The Labute approximate surface area is 122 Å². The molecule has 1 aromatic rings. The number of nitrogens with one attached hydrogen (secondary N) is 1. The smallest absolute Gasteiger partial charge is 0.223 e. The summed E-state index contributed by atoms with van der Waals surface area (Å²) in [6.45, 7) is 0. The van der Waals surface area contributed by atoms with Crippen LogP contribution < -0.4 is 5.32 Å². The van der Waals surface area contributed by atoms with Crippen LogP contribution in [0, 0.1) is 17.6 Å². The molecule has 1 amide bonds. The zero-order chi connectivity index (χ0) is 15.0. The molecule has 0 aromatic heterocycles. The molecule has 5 heteroatoms. The maximum atomic E-state index is 13.7. The summed E-state index contributed by atoms with van der Waals surface area (Å²) >= 11 is 0. The molecular formula is C16H19F2NO2. The van der Waals surface area contributed by atoms with E-state index in [1.54, 1.807) is 0 Å². The van der Waals surface area contributed by atoms with Crippen LogP contribution in [0.2, 0.25) is 0 Å². The van der Waals surface area contributed by atoms with Crippen LogP contribution in [-0.4, -0.2) is 23.2 Å². The van der Waals surface area contributed by atoms with E-state index in [2.05, 4.69) is 5.32 Å². The highest BCUT2D eigenvalue weighted by atomic mass is 19.1. The summed E-state index contributed by atoms with van der Waals surface area (Å²) < 4.78 is 26.9. The fourth-order valence-corrected chi connectivity index (χ4v) is 3.16. The van der Waals surface area contributed by atoms with Crippen molar-refractivity contribution < 1.29 is 18.7 Å². The van der Waals surface area contributed by atoms with Crippen LogP contribution in [0.1, 0.15) is 43.6 Å². The van der Waals surface area contributed by atoms with E-state index < -0.39 is 11.6 Å². The van der Waals surface area contributed by atoms with Gasteiger partial charge >= 0.3 is 0 Å². The second-order valence-electron chi connectivity index (χ2n) is 6.13. The fraction of sp³-hybridized carbons (Fsp3) is 0.562. The molecule has 2 unspecified atom stereocenters. The Morgan fingerprint density at radius 1 is 1.19 bits per heavy atom. The van der Waals surface area contributed by atoms with Gasteiger partial charge in [-0.15, -0.1) is 0 Å². The third-order valence-electron chi connectivity index (χ3n) is 4.53. The van der Waals surface area contributed by atoms with Crippen LogP contribution in [0.15, 0.2) is 18.2 Å². The van der Waals surface area contributed by atoms with E-state index in [4.69, 9.17) is 0 Å². The monoisotopic (exact) mass is 295 g/mol. The molecule has 3 rings (SSSR count). The first kappa shape index (κ1) is 14.4. The lowest BCUT2D eigenvalue weighted by Crippen LogP contribution is -2.39. The Kier molecular flexibility index (Phi) is 3.93. The van der Waals surface area contributed by atoms with Crippen LogP contribution >= 0.6 is 0 Å². The van der Waals surface area contributed by atoms with Gasteiger partial charge in [0.05, 0.1) is 6.10 Å². The number of hydrogen-bond donors (Lipinski definition) is 2. The SMILES string of the molecule is O=C(NC1CCC(O)CC1)C1CC1c1cc(F)ccc1F. The maximum absolute atomic E-state index is 13.7. The summed E-state index contributed by atoms with van der Waals surface area (Å²) in [5.74, 6) is -1.47.